The normalized spacial score (nSPS) is 16.2. The Balaban J connectivity index is 1.42. The van der Waals surface area contributed by atoms with E-state index < -0.39 is 6.10 Å². The number of β-amino-alcohol motifs (C(OH)–C–C–N with tert-alkyl or cyclic N) is 1. The topological polar surface area (TPSA) is 65.7 Å². The van der Waals surface area contributed by atoms with Gasteiger partial charge in [0.2, 0.25) is 0 Å². The molecule has 0 aromatic heterocycles. The van der Waals surface area contributed by atoms with Crippen molar-refractivity contribution in [3.05, 3.63) is 58.6 Å². The van der Waals surface area contributed by atoms with Gasteiger partial charge in [0.15, 0.2) is 0 Å². The number of likely N-dealkylation sites (tertiary alicyclic amines) is 1. The number of ether oxygens (including phenoxy) is 2. The maximum absolute atomic E-state index is 10.4. The van der Waals surface area contributed by atoms with Crippen LogP contribution in [0.3, 0.4) is 0 Å². The van der Waals surface area contributed by atoms with Crippen LogP contribution >= 0.6 is 11.6 Å². The molecule has 3 rings (SSSR count). The summed E-state index contributed by atoms with van der Waals surface area (Å²) in [6.45, 7) is 2.63. The molecule has 5 nitrogen and oxygen atoms in total. The number of nitriles is 1. The second-order valence-corrected chi connectivity index (χ2v) is 7.90. The van der Waals surface area contributed by atoms with Crippen molar-refractivity contribution in [2.45, 2.75) is 25.4 Å². The fourth-order valence-electron chi connectivity index (χ4n) is 3.78. The molecule has 1 fully saturated rings. The van der Waals surface area contributed by atoms with Crippen molar-refractivity contribution in [3.8, 4) is 17.6 Å². The van der Waals surface area contributed by atoms with Crippen LogP contribution in [0, 0.1) is 17.2 Å². The Morgan fingerprint density at radius 3 is 2.72 bits per heavy atom. The summed E-state index contributed by atoms with van der Waals surface area (Å²) in [5, 5.41) is 19.9. The van der Waals surface area contributed by atoms with Crippen molar-refractivity contribution in [2.24, 2.45) is 5.92 Å². The molecule has 0 radical (unpaired) electrons. The molecule has 6 heteroatoms. The average Bonchev–Trinajstić information content (AvgIpc) is 2.74. The molecule has 0 amide bonds. The summed E-state index contributed by atoms with van der Waals surface area (Å²) in [6.07, 6.45) is 2.66. The van der Waals surface area contributed by atoms with Crippen LogP contribution in [-0.4, -0.2) is 49.5 Å². The average molecular weight is 415 g/mol. The summed E-state index contributed by atoms with van der Waals surface area (Å²) in [7, 11) is 1.69. The smallest absolute Gasteiger partial charge is 0.138 e. The Kier molecular flexibility index (Phi) is 7.76. The first-order valence-corrected chi connectivity index (χ1v) is 10.3. The number of piperidine rings is 1. The van der Waals surface area contributed by atoms with Gasteiger partial charge in [0, 0.05) is 6.54 Å². The molecule has 0 spiro atoms. The quantitative estimate of drug-likeness (QED) is 0.709. The van der Waals surface area contributed by atoms with Crippen molar-refractivity contribution in [2.75, 3.05) is 33.4 Å². The predicted octanol–water partition coefficient (Wildman–Crippen LogP) is 3.91. The van der Waals surface area contributed by atoms with E-state index in [9.17, 15) is 10.4 Å². The number of nitrogens with zero attached hydrogens (tertiary/aromatic N) is 2. The third-order valence-electron chi connectivity index (χ3n) is 5.35. The number of halogens is 1. The van der Waals surface area contributed by atoms with Gasteiger partial charge >= 0.3 is 0 Å². The number of hydrogen-bond acceptors (Lipinski definition) is 5. The Morgan fingerprint density at radius 1 is 1.24 bits per heavy atom. The lowest BCUT2D eigenvalue weighted by atomic mass is 9.90. The van der Waals surface area contributed by atoms with Crippen LogP contribution in [0.5, 0.6) is 11.5 Å². The molecule has 2 aromatic carbocycles. The standard InChI is InChI=1S/C23H27ClN2O3/c1-28-20-5-2-4-18(13-20)12-17-8-10-26(11-9-17)15-19(27)16-29-23-7-3-6-22(24)21(23)14-25/h2-7,13,17,19,27H,8-12,15-16H2,1H3/t19-/m1/s1. The number of benzene rings is 2. The van der Waals surface area contributed by atoms with Crippen LogP contribution in [0.25, 0.3) is 0 Å². The Morgan fingerprint density at radius 2 is 2.00 bits per heavy atom. The van der Waals surface area contributed by atoms with E-state index in [4.69, 9.17) is 21.1 Å². The summed E-state index contributed by atoms with van der Waals surface area (Å²) in [5.74, 6) is 1.97. The molecule has 1 saturated heterocycles. The third kappa shape index (κ3) is 6.11. The SMILES string of the molecule is COc1cccc(CC2CCN(C[C@@H](O)COc3cccc(Cl)c3C#N)CC2)c1. The van der Waals surface area contributed by atoms with E-state index in [1.54, 1.807) is 25.3 Å². The van der Waals surface area contributed by atoms with Crippen LogP contribution in [0.4, 0.5) is 0 Å². The van der Waals surface area contributed by atoms with E-state index in [1.807, 2.05) is 18.2 Å². The molecule has 0 bridgehead atoms. The largest absolute Gasteiger partial charge is 0.497 e. The Bertz CT molecular complexity index is 844. The van der Waals surface area contributed by atoms with Gasteiger partial charge in [0.25, 0.3) is 0 Å². The van der Waals surface area contributed by atoms with Crippen molar-refractivity contribution in [3.63, 3.8) is 0 Å². The molecule has 1 N–H and O–H groups in total. The minimum atomic E-state index is -0.615. The van der Waals surface area contributed by atoms with Gasteiger partial charge in [-0.15, -0.1) is 0 Å². The van der Waals surface area contributed by atoms with E-state index in [0.717, 1.165) is 38.1 Å². The van der Waals surface area contributed by atoms with Crippen LogP contribution in [-0.2, 0) is 6.42 Å². The molecule has 0 saturated carbocycles. The van der Waals surface area contributed by atoms with Gasteiger partial charge in [-0.25, -0.2) is 0 Å². The fourth-order valence-corrected chi connectivity index (χ4v) is 3.98. The molecular formula is C23H27ClN2O3. The van der Waals surface area contributed by atoms with E-state index in [2.05, 4.69) is 17.0 Å². The lowest BCUT2D eigenvalue weighted by molar-refractivity contribution is 0.0550. The van der Waals surface area contributed by atoms with Crippen LogP contribution in [0.15, 0.2) is 42.5 Å². The van der Waals surface area contributed by atoms with Crippen LogP contribution < -0.4 is 9.47 Å². The highest BCUT2D eigenvalue weighted by atomic mass is 35.5. The summed E-state index contributed by atoms with van der Waals surface area (Å²) in [4.78, 5) is 2.28. The van der Waals surface area contributed by atoms with E-state index in [1.165, 1.54) is 5.56 Å². The first-order valence-electron chi connectivity index (χ1n) is 9.93. The molecule has 1 heterocycles. The number of aliphatic hydroxyl groups excluding tert-OH is 1. The maximum atomic E-state index is 10.4. The van der Waals surface area contributed by atoms with Crippen LogP contribution in [0.1, 0.15) is 24.0 Å². The van der Waals surface area contributed by atoms with Gasteiger partial charge in [-0.05, 0) is 68.1 Å². The Hall–Kier alpha value is -2.26. The molecule has 2 aromatic rings. The summed E-state index contributed by atoms with van der Waals surface area (Å²) >= 11 is 6.01. The van der Waals surface area contributed by atoms with Crippen molar-refractivity contribution in [1.82, 2.24) is 4.90 Å². The lowest BCUT2D eigenvalue weighted by Gasteiger charge is -2.33. The second kappa shape index (κ2) is 10.5. The molecule has 1 atom stereocenters. The maximum Gasteiger partial charge on any atom is 0.138 e. The van der Waals surface area contributed by atoms with Crippen molar-refractivity contribution >= 4 is 11.6 Å². The Labute approximate surface area is 177 Å². The van der Waals surface area contributed by atoms with Gasteiger partial charge in [0.1, 0.15) is 35.8 Å². The van der Waals surface area contributed by atoms with Gasteiger partial charge in [-0.2, -0.15) is 5.26 Å². The van der Waals surface area contributed by atoms with E-state index in [0.29, 0.717) is 28.8 Å². The second-order valence-electron chi connectivity index (χ2n) is 7.49. The van der Waals surface area contributed by atoms with Gasteiger partial charge < -0.3 is 19.5 Å². The molecule has 0 unspecified atom stereocenters. The highest BCUT2D eigenvalue weighted by Crippen LogP contribution is 2.26. The highest BCUT2D eigenvalue weighted by molar-refractivity contribution is 6.31. The molecule has 1 aliphatic heterocycles. The zero-order valence-electron chi connectivity index (χ0n) is 16.7. The van der Waals surface area contributed by atoms with Gasteiger partial charge in [0.05, 0.1) is 12.1 Å². The number of hydrogen-bond donors (Lipinski definition) is 1. The molecule has 0 aliphatic carbocycles. The zero-order valence-corrected chi connectivity index (χ0v) is 17.4. The monoisotopic (exact) mass is 414 g/mol. The van der Waals surface area contributed by atoms with Crippen molar-refractivity contribution < 1.29 is 14.6 Å². The lowest BCUT2D eigenvalue weighted by Crippen LogP contribution is -2.41. The molecule has 154 valence electrons. The van der Waals surface area contributed by atoms with Gasteiger partial charge in [-0.3, -0.25) is 0 Å². The first-order chi connectivity index (χ1) is 14.1. The van der Waals surface area contributed by atoms with E-state index in [-0.39, 0.29) is 6.61 Å². The first kappa shape index (κ1) is 21.4. The van der Waals surface area contributed by atoms with Crippen LogP contribution in [0.2, 0.25) is 5.02 Å². The number of rotatable bonds is 8. The predicted molar refractivity (Wildman–Crippen MR) is 114 cm³/mol. The summed E-state index contributed by atoms with van der Waals surface area (Å²) in [5.41, 5.74) is 1.62. The molecule has 1 aliphatic rings. The number of methoxy groups -OCH3 is 1. The van der Waals surface area contributed by atoms with E-state index >= 15 is 0 Å². The number of aliphatic hydroxyl groups is 1. The van der Waals surface area contributed by atoms with Gasteiger partial charge in [-0.1, -0.05) is 29.8 Å². The fraction of sp³-hybridized carbons (Fsp3) is 0.435. The minimum Gasteiger partial charge on any atom is -0.497 e. The molecule has 29 heavy (non-hydrogen) atoms. The molecular weight excluding hydrogens is 388 g/mol. The minimum absolute atomic E-state index is 0.138. The summed E-state index contributed by atoms with van der Waals surface area (Å²) in [6, 6.07) is 15.4. The summed E-state index contributed by atoms with van der Waals surface area (Å²) < 4.78 is 10.9. The zero-order chi connectivity index (χ0) is 20.6. The highest BCUT2D eigenvalue weighted by Gasteiger charge is 2.22. The third-order valence-corrected chi connectivity index (χ3v) is 5.67. The van der Waals surface area contributed by atoms with Crippen molar-refractivity contribution in [1.29, 1.82) is 5.26 Å².